The van der Waals surface area contributed by atoms with Crippen molar-refractivity contribution in [3.63, 3.8) is 0 Å². The third-order valence-electron chi connectivity index (χ3n) is 4.31. The summed E-state index contributed by atoms with van der Waals surface area (Å²) < 4.78 is 26.8. The summed E-state index contributed by atoms with van der Waals surface area (Å²) in [6.45, 7) is 3.38. The lowest BCUT2D eigenvalue weighted by Crippen LogP contribution is -2.45. The molecule has 1 saturated heterocycles. The van der Waals surface area contributed by atoms with Crippen LogP contribution in [0, 0.1) is 5.92 Å². The van der Waals surface area contributed by atoms with Crippen molar-refractivity contribution in [1.82, 2.24) is 9.62 Å². The van der Waals surface area contributed by atoms with Crippen molar-refractivity contribution < 1.29 is 13.2 Å². The fourth-order valence-corrected chi connectivity index (χ4v) is 4.79. The second-order valence-corrected chi connectivity index (χ2v) is 9.13. The number of benzene rings is 1. The molecule has 0 aromatic heterocycles. The third-order valence-corrected chi connectivity index (χ3v) is 6.87. The van der Waals surface area contributed by atoms with Gasteiger partial charge in [-0.2, -0.15) is 0 Å². The Morgan fingerprint density at radius 1 is 1.32 bits per heavy atom. The van der Waals surface area contributed by atoms with Crippen LogP contribution in [0.2, 0.25) is 10.0 Å². The van der Waals surface area contributed by atoms with Gasteiger partial charge in [-0.1, -0.05) is 42.6 Å². The van der Waals surface area contributed by atoms with E-state index in [2.05, 4.69) is 12.2 Å². The molecule has 0 aliphatic carbocycles. The van der Waals surface area contributed by atoms with Crippen molar-refractivity contribution in [2.24, 2.45) is 5.92 Å². The zero-order chi connectivity index (χ0) is 18.4. The maximum Gasteiger partial charge on any atom is 0.224 e. The van der Waals surface area contributed by atoms with Gasteiger partial charge in [0, 0.05) is 19.6 Å². The molecule has 1 N–H and O–H groups in total. The van der Waals surface area contributed by atoms with E-state index >= 15 is 0 Å². The van der Waals surface area contributed by atoms with E-state index < -0.39 is 10.0 Å². The number of unbranched alkanes of at least 4 members (excludes halogenated alkanes) is 1. The standard InChI is InChI=1S/C17H24Cl2N2O3S/c1-2-3-8-20-17(22)14-5-4-9-21(11-14)25(23,24)12-13-6-7-15(18)16(19)10-13/h6-7,10,14H,2-5,8-9,11-12H2,1H3,(H,20,22)/t14-/m0/s1. The summed E-state index contributed by atoms with van der Waals surface area (Å²) in [6, 6.07) is 4.82. The number of carbonyl (C=O) groups excluding carboxylic acids is 1. The first-order valence-corrected chi connectivity index (χ1v) is 10.9. The molecule has 1 aliphatic heterocycles. The largest absolute Gasteiger partial charge is 0.356 e. The van der Waals surface area contributed by atoms with Crippen LogP contribution in [-0.4, -0.2) is 38.3 Å². The van der Waals surface area contributed by atoms with Crippen LogP contribution in [0.1, 0.15) is 38.2 Å². The van der Waals surface area contributed by atoms with E-state index in [0.717, 1.165) is 19.3 Å². The highest BCUT2D eigenvalue weighted by molar-refractivity contribution is 7.88. The molecule has 0 spiro atoms. The van der Waals surface area contributed by atoms with Crippen molar-refractivity contribution in [3.8, 4) is 0 Å². The minimum absolute atomic E-state index is 0.0529. The molecular formula is C17H24Cl2N2O3S. The molecule has 1 amide bonds. The van der Waals surface area contributed by atoms with Gasteiger partial charge in [0.05, 0.1) is 21.7 Å². The van der Waals surface area contributed by atoms with Crippen molar-refractivity contribution in [2.45, 2.75) is 38.4 Å². The van der Waals surface area contributed by atoms with Crippen LogP contribution in [-0.2, 0) is 20.6 Å². The number of nitrogens with one attached hydrogen (secondary N) is 1. The summed E-state index contributed by atoms with van der Waals surface area (Å²) in [5.74, 6) is -0.481. The van der Waals surface area contributed by atoms with E-state index in [0.29, 0.717) is 35.1 Å². The highest BCUT2D eigenvalue weighted by Gasteiger charge is 2.32. The topological polar surface area (TPSA) is 66.5 Å². The Labute approximate surface area is 159 Å². The number of sulfonamides is 1. The normalized spacial score (nSPS) is 18.9. The maximum absolute atomic E-state index is 12.7. The SMILES string of the molecule is CCCCNC(=O)[C@H]1CCCN(S(=O)(=O)Cc2ccc(Cl)c(Cl)c2)C1. The van der Waals surface area contributed by atoms with Crippen LogP contribution in [0.15, 0.2) is 18.2 Å². The van der Waals surface area contributed by atoms with Gasteiger partial charge in [-0.15, -0.1) is 0 Å². The molecule has 2 rings (SSSR count). The average molecular weight is 407 g/mol. The van der Waals surface area contributed by atoms with E-state index in [9.17, 15) is 13.2 Å². The minimum atomic E-state index is -3.51. The monoisotopic (exact) mass is 406 g/mol. The third kappa shape index (κ3) is 5.84. The zero-order valence-electron chi connectivity index (χ0n) is 14.3. The van der Waals surface area contributed by atoms with Crippen molar-refractivity contribution in [3.05, 3.63) is 33.8 Å². The Bertz CT molecular complexity index is 710. The summed E-state index contributed by atoms with van der Waals surface area (Å²) in [7, 11) is -3.51. The molecule has 1 aliphatic rings. The number of hydrogen-bond donors (Lipinski definition) is 1. The Hall–Kier alpha value is -0.820. The van der Waals surface area contributed by atoms with Crippen LogP contribution in [0.4, 0.5) is 0 Å². The van der Waals surface area contributed by atoms with Crippen LogP contribution in [0.3, 0.4) is 0 Å². The predicted octanol–water partition coefficient (Wildman–Crippen LogP) is 3.45. The van der Waals surface area contributed by atoms with Gasteiger partial charge >= 0.3 is 0 Å². The van der Waals surface area contributed by atoms with Crippen LogP contribution in [0.25, 0.3) is 0 Å². The fraction of sp³-hybridized carbons (Fsp3) is 0.588. The predicted molar refractivity (Wildman–Crippen MR) is 101 cm³/mol. The zero-order valence-corrected chi connectivity index (χ0v) is 16.6. The number of halogens is 2. The second-order valence-electron chi connectivity index (χ2n) is 6.35. The first-order valence-electron chi connectivity index (χ1n) is 8.53. The molecule has 1 aromatic rings. The van der Waals surface area contributed by atoms with Gasteiger partial charge < -0.3 is 5.32 Å². The van der Waals surface area contributed by atoms with Crippen LogP contribution in [0.5, 0.6) is 0 Å². The summed E-state index contributed by atoms with van der Waals surface area (Å²) in [6.07, 6.45) is 3.34. The molecule has 0 unspecified atom stereocenters. The Balaban J connectivity index is 2.00. The summed E-state index contributed by atoms with van der Waals surface area (Å²) in [5.41, 5.74) is 0.587. The highest BCUT2D eigenvalue weighted by Crippen LogP contribution is 2.26. The molecule has 5 nitrogen and oxygen atoms in total. The molecule has 1 atom stereocenters. The molecule has 0 bridgehead atoms. The number of carbonyl (C=O) groups is 1. The fourth-order valence-electron chi connectivity index (χ4n) is 2.87. The molecule has 0 saturated carbocycles. The summed E-state index contributed by atoms with van der Waals surface area (Å²) in [4.78, 5) is 12.2. The molecule has 1 heterocycles. The molecule has 1 fully saturated rings. The van der Waals surface area contributed by atoms with Crippen LogP contribution >= 0.6 is 23.2 Å². The Kier molecular flexibility index (Phi) is 7.55. The smallest absolute Gasteiger partial charge is 0.224 e. The van der Waals surface area contributed by atoms with Gasteiger partial charge in [-0.25, -0.2) is 12.7 Å². The quantitative estimate of drug-likeness (QED) is 0.704. The average Bonchev–Trinajstić information content (AvgIpc) is 2.58. The van der Waals surface area contributed by atoms with E-state index in [1.165, 1.54) is 4.31 Å². The van der Waals surface area contributed by atoms with Crippen LogP contribution < -0.4 is 5.32 Å². The summed E-state index contributed by atoms with van der Waals surface area (Å²) in [5, 5.41) is 3.62. The number of piperidine rings is 1. The van der Waals surface area contributed by atoms with E-state index in [1.807, 2.05) is 0 Å². The lowest BCUT2D eigenvalue weighted by atomic mass is 9.99. The molecule has 0 radical (unpaired) electrons. The number of rotatable bonds is 7. The van der Waals surface area contributed by atoms with E-state index in [1.54, 1.807) is 18.2 Å². The maximum atomic E-state index is 12.7. The number of hydrogen-bond acceptors (Lipinski definition) is 3. The van der Waals surface area contributed by atoms with Gasteiger partial charge in [0.15, 0.2) is 0 Å². The minimum Gasteiger partial charge on any atom is -0.356 e. The van der Waals surface area contributed by atoms with Gasteiger partial charge in [-0.3, -0.25) is 4.79 Å². The van der Waals surface area contributed by atoms with E-state index in [-0.39, 0.29) is 24.1 Å². The van der Waals surface area contributed by atoms with Gasteiger partial charge in [0.2, 0.25) is 15.9 Å². The molecule has 140 valence electrons. The first kappa shape index (κ1) is 20.5. The Morgan fingerprint density at radius 3 is 2.76 bits per heavy atom. The van der Waals surface area contributed by atoms with E-state index in [4.69, 9.17) is 23.2 Å². The van der Waals surface area contributed by atoms with Gasteiger partial charge in [0.25, 0.3) is 0 Å². The van der Waals surface area contributed by atoms with Crippen molar-refractivity contribution in [1.29, 1.82) is 0 Å². The highest BCUT2D eigenvalue weighted by atomic mass is 35.5. The lowest BCUT2D eigenvalue weighted by molar-refractivity contribution is -0.126. The van der Waals surface area contributed by atoms with Crippen molar-refractivity contribution in [2.75, 3.05) is 19.6 Å². The van der Waals surface area contributed by atoms with Gasteiger partial charge in [0.1, 0.15) is 0 Å². The molecular weight excluding hydrogens is 383 g/mol. The first-order chi connectivity index (χ1) is 11.8. The summed E-state index contributed by atoms with van der Waals surface area (Å²) >= 11 is 11.8. The second kappa shape index (κ2) is 9.21. The van der Waals surface area contributed by atoms with Crippen molar-refractivity contribution >= 4 is 39.1 Å². The molecule has 25 heavy (non-hydrogen) atoms. The van der Waals surface area contributed by atoms with Gasteiger partial charge in [-0.05, 0) is 37.0 Å². The lowest BCUT2D eigenvalue weighted by Gasteiger charge is -2.31. The number of nitrogens with zero attached hydrogens (tertiary/aromatic N) is 1. The Morgan fingerprint density at radius 2 is 2.08 bits per heavy atom. The molecule has 8 heteroatoms. The molecule has 1 aromatic carbocycles. The number of amides is 1.